The van der Waals surface area contributed by atoms with Gasteiger partial charge in [0.25, 0.3) is 11.8 Å². The van der Waals surface area contributed by atoms with Crippen molar-refractivity contribution in [2.24, 2.45) is 5.92 Å². The SMILES string of the molecule is Cc1ccc(CNC(=O)C2CCCN(C(=O)c3nnc(C(=O)Nc4ccc(Cl)cc4)s3)C2)cc1. The molecule has 8 nitrogen and oxygen atoms in total. The highest BCUT2D eigenvalue weighted by atomic mass is 35.5. The number of carbonyl (C=O) groups excluding carboxylic acids is 3. The van der Waals surface area contributed by atoms with E-state index >= 15 is 0 Å². The number of rotatable bonds is 6. The third-order valence-electron chi connectivity index (χ3n) is 5.57. The van der Waals surface area contributed by atoms with E-state index in [1.165, 1.54) is 5.56 Å². The van der Waals surface area contributed by atoms with Crippen LogP contribution in [0.1, 0.15) is 43.6 Å². The summed E-state index contributed by atoms with van der Waals surface area (Å²) >= 11 is 6.79. The van der Waals surface area contributed by atoms with E-state index in [1.54, 1.807) is 29.2 Å². The highest BCUT2D eigenvalue weighted by molar-refractivity contribution is 7.15. The quantitative estimate of drug-likeness (QED) is 0.537. The predicted octanol–water partition coefficient (Wildman–Crippen LogP) is 3.92. The normalized spacial score (nSPS) is 15.6. The Morgan fingerprint density at radius 3 is 2.50 bits per heavy atom. The highest BCUT2D eigenvalue weighted by Crippen LogP contribution is 2.21. The average molecular weight is 498 g/mol. The van der Waals surface area contributed by atoms with Gasteiger partial charge in [-0.2, -0.15) is 0 Å². The van der Waals surface area contributed by atoms with Crippen LogP contribution in [0.3, 0.4) is 0 Å². The lowest BCUT2D eigenvalue weighted by Gasteiger charge is -2.31. The van der Waals surface area contributed by atoms with Crippen LogP contribution in [0.5, 0.6) is 0 Å². The molecule has 1 aromatic heterocycles. The van der Waals surface area contributed by atoms with E-state index in [0.29, 0.717) is 36.8 Å². The van der Waals surface area contributed by atoms with Gasteiger partial charge in [-0.25, -0.2) is 0 Å². The van der Waals surface area contributed by atoms with Gasteiger partial charge in [0, 0.05) is 30.3 Å². The second-order valence-electron chi connectivity index (χ2n) is 8.17. The van der Waals surface area contributed by atoms with Gasteiger partial charge in [0.1, 0.15) is 0 Å². The Kier molecular flexibility index (Phi) is 7.54. The van der Waals surface area contributed by atoms with Gasteiger partial charge in [0.15, 0.2) is 0 Å². The van der Waals surface area contributed by atoms with Crippen LogP contribution >= 0.6 is 22.9 Å². The molecule has 1 aliphatic heterocycles. The van der Waals surface area contributed by atoms with Gasteiger partial charge in [0.2, 0.25) is 15.9 Å². The Morgan fingerprint density at radius 1 is 1.06 bits per heavy atom. The first-order valence-electron chi connectivity index (χ1n) is 10.9. The summed E-state index contributed by atoms with van der Waals surface area (Å²) in [5, 5.41) is 14.2. The van der Waals surface area contributed by atoms with E-state index < -0.39 is 5.91 Å². The third kappa shape index (κ3) is 5.98. The molecule has 4 rings (SSSR count). The van der Waals surface area contributed by atoms with Crippen molar-refractivity contribution in [1.29, 1.82) is 0 Å². The molecule has 3 amide bonds. The van der Waals surface area contributed by atoms with Crippen molar-refractivity contribution in [3.8, 4) is 0 Å². The number of nitrogens with zero attached hydrogens (tertiary/aromatic N) is 3. The largest absolute Gasteiger partial charge is 0.352 e. The predicted molar refractivity (Wildman–Crippen MR) is 131 cm³/mol. The van der Waals surface area contributed by atoms with E-state index in [9.17, 15) is 14.4 Å². The lowest BCUT2D eigenvalue weighted by molar-refractivity contribution is -0.126. The summed E-state index contributed by atoms with van der Waals surface area (Å²) < 4.78 is 0. The van der Waals surface area contributed by atoms with E-state index in [2.05, 4.69) is 20.8 Å². The molecule has 0 spiro atoms. The minimum atomic E-state index is -0.453. The zero-order chi connectivity index (χ0) is 24.1. The van der Waals surface area contributed by atoms with Gasteiger partial charge in [-0.1, -0.05) is 52.8 Å². The van der Waals surface area contributed by atoms with Gasteiger partial charge in [-0.05, 0) is 49.6 Å². The Bertz CT molecular complexity index is 1180. The number of aromatic nitrogens is 2. The zero-order valence-corrected chi connectivity index (χ0v) is 20.2. The summed E-state index contributed by atoms with van der Waals surface area (Å²) in [4.78, 5) is 39.7. The fourth-order valence-electron chi connectivity index (χ4n) is 3.67. The summed E-state index contributed by atoms with van der Waals surface area (Å²) in [5.74, 6) is -1.13. The molecule has 1 unspecified atom stereocenters. The van der Waals surface area contributed by atoms with Crippen molar-refractivity contribution in [3.63, 3.8) is 0 Å². The lowest BCUT2D eigenvalue weighted by atomic mass is 9.97. The van der Waals surface area contributed by atoms with Crippen LogP contribution in [0.4, 0.5) is 5.69 Å². The molecule has 10 heteroatoms. The highest BCUT2D eigenvalue weighted by Gasteiger charge is 2.30. The summed E-state index contributed by atoms with van der Waals surface area (Å²) in [7, 11) is 0. The summed E-state index contributed by atoms with van der Waals surface area (Å²) in [6.07, 6.45) is 1.44. The van der Waals surface area contributed by atoms with Crippen LogP contribution in [0, 0.1) is 12.8 Å². The number of hydrogen-bond donors (Lipinski definition) is 2. The van der Waals surface area contributed by atoms with E-state index in [-0.39, 0.29) is 27.7 Å². The van der Waals surface area contributed by atoms with Gasteiger partial charge in [-0.15, -0.1) is 10.2 Å². The molecule has 34 heavy (non-hydrogen) atoms. The molecule has 0 radical (unpaired) electrons. The molecule has 2 N–H and O–H groups in total. The maximum Gasteiger partial charge on any atom is 0.286 e. The van der Waals surface area contributed by atoms with E-state index in [0.717, 1.165) is 23.3 Å². The average Bonchev–Trinajstić information content (AvgIpc) is 3.35. The Hall–Kier alpha value is -3.30. The van der Waals surface area contributed by atoms with Crippen molar-refractivity contribution in [3.05, 3.63) is 74.7 Å². The number of hydrogen-bond acceptors (Lipinski definition) is 6. The van der Waals surface area contributed by atoms with Crippen molar-refractivity contribution in [1.82, 2.24) is 20.4 Å². The van der Waals surface area contributed by atoms with Crippen LogP contribution in [0.2, 0.25) is 5.02 Å². The standard InChI is InChI=1S/C24H24ClN5O3S/c1-15-4-6-16(7-5-15)13-26-20(31)17-3-2-12-30(14-17)24(33)23-29-28-22(34-23)21(32)27-19-10-8-18(25)9-11-19/h4-11,17H,2-3,12-14H2,1H3,(H,26,31)(H,27,32). The molecule has 0 aliphatic carbocycles. The topological polar surface area (TPSA) is 104 Å². The zero-order valence-electron chi connectivity index (χ0n) is 18.6. The summed E-state index contributed by atoms with van der Waals surface area (Å²) in [6.45, 7) is 3.31. The summed E-state index contributed by atoms with van der Waals surface area (Å²) in [6, 6.07) is 14.7. The van der Waals surface area contributed by atoms with E-state index in [4.69, 9.17) is 11.6 Å². The van der Waals surface area contributed by atoms with Crippen LogP contribution in [-0.2, 0) is 11.3 Å². The van der Waals surface area contributed by atoms with Gasteiger partial charge in [0.05, 0.1) is 5.92 Å². The fourth-order valence-corrected chi connectivity index (χ4v) is 4.50. The number of amides is 3. The number of aryl methyl sites for hydroxylation is 1. The molecule has 0 saturated carbocycles. The molecule has 3 aromatic rings. The minimum absolute atomic E-state index is 0.0710. The first-order valence-corrected chi connectivity index (χ1v) is 12.1. The lowest BCUT2D eigenvalue weighted by Crippen LogP contribution is -2.45. The van der Waals surface area contributed by atoms with Gasteiger partial charge >= 0.3 is 0 Å². The molecule has 0 bridgehead atoms. The van der Waals surface area contributed by atoms with Crippen molar-refractivity contribution in [2.45, 2.75) is 26.3 Å². The number of benzene rings is 2. The first-order chi connectivity index (χ1) is 16.4. The molecular weight excluding hydrogens is 474 g/mol. The second-order valence-corrected chi connectivity index (χ2v) is 9.58. The van der Waals surface area contributed by atoms with Gasteiger partial charge in [-0.3, -0.25) is 14.4 Å². The molecule has 1 aliphatic rings. The third-order valence-corrected chi connectivity index (χ3v) is 6.73. The second kappa shape index (κ2) is 10.8. The maximum atomic E-state index is 13.0. The Balaban J connectivity index is 1.33. The summed E-state index contributed by atoms with van der Waals surface area (Å²) in [5.41, 5.74) is 2.76. The van der Waals surface area contributed by atoms with Crippen LogP contribution in [0.15, 0.2) is 48.5 Å². The monoisotopic (exact) mass is 497 g/mol. The molecule has 2 aromatic carbocycles. The fraction of sp³-hybridized carbons (Fsp3) is 0.292. The number of halogens is 1. The molecule has 1 fully saturated rings. The number of anilines is 1. The smallest absolute Gasteiger partial charge is 0.286 e. The molecule has 2 heterocycles. The molecule has 176 valence electrons. The molecule has 1 atom stereocenters. The van der Waals surface area contributed by atoms with E-state index in [1.807, 2.05) is 31.2 Å². The van der Waals surface area contributed by atoms with Crippen LogP contribution in [-0.4, -0.2) is 45.9 Å². The molecule has 1 saturated heterocycles. The van der Waals surface area contributed by atoms with Crippen molar-refractivity contribution < 1.29 is 14.4 Å². The number of likely N-dealkylation sites (tertiary alicyclic amines) is 1. The van der Waals surface area contributed by atoms with Crippen molar-refractivity contribution >= 4 is 46.3 Å². The number of carbonyl (C=O) groups is 3. The number of piperidine rings is 1. The van der Waals surface area contributed by atoms with Crippen molar-refractivity contribution in [2.75, 3.05) is 18.4 Å². The molecular formula is C24H24ClN5O3S. The van der Waals surface area contributed by atoms with Crippen LogP contribution in [0.25, 0.3) is 0 Å². The van der Waals surface area contributed by atoms with Gasteiger partial charge < -0.3 is 15.5 Å². The Labute approximate surface area is 206 Å². The number of nitrogens with one attached hydrogen (secondary N) is 2. The van der Waals surface area contributed by atoms with Crippen LogP contribution < -0.4 is 10.6 Å². The minimum Gasteiger partial charge on any atom is -0.352 e. The Morgan fingerprint density at radius 2 is 1.76 bits per heavy atom. The first kappa shape index (κ1) is 23.8. The maximum absolute atomic E-state index is 13.0.